The Bertz CT molecular complexity index is 518. The van der Waals surface area contributed by atoms with Gasteiger partial charge in [-0.15, -0.1) is 0 Å². The molecule has 1 N–H and O–H groups in total. The zero-order valence-electron chi connectivity index (χ0n) is 10.4. The van der Waals surface area contributed by atoms with E-state index in [2.05, 4.69) is 36.4 Å². The van der Waals surface area contributed by atoms with Crippen LogP contribution < -0.4 is 0 Å². The molecule has 0 aromatic heterocycles. The summed E-state index contributed by atoms with van der Waals surface area (Å²) in [5, 5.41) is 10.0. The van der Waals surface area contributed by atoms with E-state index in [1.54, 1.807) is 6.07 Å². The molecule has 0 spiro atoms. The standard InChI is InChI=1S/C17H18O/c18-17-12-5-4-9-16(17)15-11-6-10-14(15)13-7-2-1-3-8-13/h1-5,7-9,12,14-15,18H,6,10-11H2. The van der Waals surface area contributed by atoms with Crippen molar-refractivity contribution < 1.29 is 5.11 Å². The molecule has 1 aliphatic rings. The average Bonchev–Trinajstić information content (AvgIpc) is 2.89. The molecule has 0 bridgehead atoms. The highest BCUT2D eigenvalue weighted by Crippen LogP contribution is 2.47. The highest BCUT2D eigenvalue weighted by molar-refractivity contribution is 5.39. The van der Waals surface area contributed by atoms with E-state index < -0.39 is 0 Å². The molecule has 0 heterocycles. The average molecular weight is 238 g/mol. The third-order valence-electron chi connectivity index (χ3n) is 4.08. The molecule has 1 fully saturated rings. The van der Waals surface area contributed by atoms with E-state index in [-0.39, 0.29) is 0 Å². The number of phenolic OH excluding ortho intramolecular Hbond substituents is 1. The number of hydrogen-bond donors (Lipinski definition) is 1. The Morgan fingerprint density at radius 2 is 1.44 bits per heavy atom. The first-order chi connectivity index (χ1) is 8.86. The minimum absolute atomic E-state index is 0.449. The van der Waals surface area contributed by atoms with E-state index >= 15 is 0 Å². The summed E-state index contributed by atoms with van der Waals surface area (Å²) in [7, 11) is 0. The van der Waals surface area contributed by atoms with Gasteiger partial charge in [0.2, 0.25) is 0 Å². The maximum atomic E-state index is 10.0. The third kappa shape index (κ3) is 2.01. The van der Waals surface area contributed by atoms with Crippen LogP contribution in [0.15, 0.2) is 54.6 Å². The fourth-order valence-corrected chi connectivity index (χ4v) is 3.23. The van der Waals surface area contributed by atoms with E-state index in [1.165, 1.54) is 24.8 Å². The second kappa shape index (κ2) is 4.85. The molecule has 0 amide bonds. The summed E-state index contributed by atoms with van der Waals surface area (Å²) >= 11 is 0. The number of benzene rings is 2. The van der Waals surface area contributed by atoms with E-state index in [0.717, 1.165) is 5.56 Å². The summed E-state index contributed by atoms with van der Waals surface area (Å²) in [5.74, 6) is 1.47. The fraction of sp³-hybridized carbons (Fsp3) is 0.294. The molecule has 1 heteroatoms. The molecule has 92 valence electrons. The minimum atomic E-state index is 0.449. The third-order valence-corrected chi connectivity index (χ3v) is 4.08. The van der Waals surface area contributed by atoms with Crippen LogP contribution in [-0.4, -0.2) is 5.11 Å². The molecule has 2 unspecified atom stereocenters. The van der Waals surface area contributed by atoms with Gasteiger partial charge in [-0.05, 0) is 41.9 Å². The van der Waals surface area contributed by atoms with Crippen LogP contribution in [0.1, 0.15) is 42.2 Å². The summed E-state index contributed by atoms with van der Waals surface area (Å²) in [5.41, 5.74) is 2.52. The Kier molecular flexibility index (Phi) is 3.06. The summed E-state index contributed by atoms with van der Waals surface area (Å²) < 4.78 is 0. The first-order valence-corrected chi connectivity index (χ1v) is 6.69. The fourth-order valence-electron chi connectivity index (χ4n) is 3.23. The molecule has 1 saturated carbocycles. The Balaban J connectivity index is 1.95. The first-order valence-electron chi connectivity index (χ1n) is 6.69. The van der Waals surface area contributed by atoms with Crippen LogP contribution in [0.3, 0.4) is 0 Å². The van der Waals surface area contributed by atoms with Crippen molar-refractivity contribution in [1.82, 2.24) is 0 Å². The summed E-state index contributed by atoms with van der Waals surface area (Å²) in [6.45, 7) is 0. The van der Waals surface area contributed by atoms with Gasteiger partial charge in [0.05, 0.1) is 0 Å². The molecule has 1 nitrogen and oxygen atoms in total. The lowest BCUT2D eigenvalue weighted by molar-refractivity contribution is 0.456. The van der Waals surface area contributed by atoms with Gasteiger partial charge < -0.3 is 5.11 Å². The molecule has 2 atom stereocenters. The van der Waals surface area contributed by atoms with Crippen molar-refractivity contribution in [2.75, 3.05) is 0 Å². The lowest BCUT2D eigenvalue weighted by Crippen LogP contribution is -2.04. The van der Waals surface area contributed by atoms with Gasteiger partial charge in [0, 0.05) is 0 Å². The van der Waals surface area contributed by atoms with Crippen LogP contribution in [0.5, 0.6) is 5.75 Å². The molecule has 18 heavy (non-hydrogen) atoms. The zero-order chi connectivity index (χ0) is 12.4. The number of hydrogen-bond acceptors (Lipinski definition) is 1. The van der Waals surface area contributed by atoms with Crippen molar-refractivity contribution in [3.05, 3.63) is 65.7 Å². The van der Waals surface area contributed by atoms with Crippen molar-refractivity contribution >= 4 is 0 Å². The second-order valence-electron chi connectivity index (χ2n) is 5.11. The number of para-hydroxylation sites is 1. The van der Waals surface area contributed by atoms with Crippen LogP contribution in [0, 0.1) is 0 Å². The summed E-state index contributed by atoms with van der Waals surface area (Å²) in [4.78, 5) is 0. The van der Waals surface area contributed by atoms with Crippen LogP contribution >= 0.6 is 0 Å². The maximum absolute atomic E-state index is 10.0. The van der Waals surface area contributed by atoms with E-state index in [0.29, 0.717) is 17.6 Å². The van der Waals surface area contributed by atoms with E-state index in [9.17, 15) is 5.11 Å². The zero-order valence-corrected chi connectivity index (χ0v) is 10.4. The minimum Gasteiger partial charge on any atom is -0.508 e. The van der Waals surface area contributed by atoms with Gasteiger partial charge in [-0.25, -0.2) is 0 Å². The van der Waals surface area contributed by atoms with Gasteiger partial charge in [0.1, 0.15) is 5.75 Å². The quantitative estimate of drug-likeness (QED) is 0.819. The van der Waals surface area contributed by atoms with Crippen molar-refractivity contribution in [1.29, 1.82) is 0 Å². The van der Waals surface area contributed by atoms with Gasteiger partial charge >= 0.3 is 0 Å². The predicted molar refractivity (Wildman–Crippen MR) is 73.9 cm³/mol. The maximum Gasteiger partial charge on any atom is 0.119 e. The van der Waals surface area contributed by atoms with Crippen molar-refractivity contribution in [2.24, 2.45) is 0 Å². The molecular weight excluding hydrogens is 220 g/mol. The van der Waals surface area contributed by atoms with Crippen molar-refractivity contribution in [2.45, 2.75) is 31.1 Å². The summed E-state index contributed by atoms with van der Waals surface area (Å²) in [6.07, 6.45) is 3.65. The van der Waals surface area contributed by atoms with Crippen LogP contribution in [0.4, 0.5) is 0 Å². The van der Waals surface area contributed by atoms with Gasteiger partial charge in [-0.1, -0.05) is 55.0 Å². The molecule has 1 aliphatic carbocycles. The van der Waals surface area contributed by atoms with E-state index in [4.69, 9.17) is 0 Å². The number of rotatable bonds is 2. The lowest BCUT2D eigenvalue weighted by atomic mass is 9.84. The first kappa shape index (κ1) is 11.3. The highest BCUT2D eigenvalue weighted by Gasteiger charge is 2.30. The number of aromatic hydroxyl groups is 1. The number of phenols is 1. The molecule has 2 aromatic carbocycles. The SMILES string of the molecule is Oc1ccccc1C1CCCC1c1ccccc1. The second-order valence-corrected chi connectivity index (χ2v) is 5.11. The molecule has 0 saturated heterocycles. The lowest BCUT2D eigenvalue weighted by Gasteiger charge is -2.21. The Labute approximate surface area is 108 Å². The van der Waals surface area contributed by atoms with Crippen LogP contribution in [0.25, 0.3) is 0 Å². The molecule has 0 aliphatic heterocycles. The monoisotopic (exact) mass is 238 g/mol. The Morgan fingerprint density at radius 3 is 2.22 bits per heavy atom. The van der Waals surface area contributed by atoms with Gasteiger partial charge in [-0.2, -0.15) is 0 Å². The van der Waals surface area contributed by atoms with E-state index in [1.807, 2.05) is 12.1 Å². The van der Waals surface area contributed by atoms with Gasteiger partial charge in [0.25, 0.3) is 0 Å². The topological polar surface area (TPSA) is 20.2 Å². The molecular formula is C17H18O. The predicted octanol–water partition coefficient (Wildman–Crippen LogP) is 4.44. The Morgan fingerprint density at radius 1 is 0.778 bits per heavy atom. The van der Waals surface area contributed by atoms with Crippen LogP contribution in [-0.2, 0) is 0 Å². The van der Waals surface area contributed by atoms with Crippen molar-refractivity contribution in [3.63, 3.8) is 0 Å². The Hall–Kier alpha value is -1.76. The van der Waals surface area contributed by atoms with Crippen LogP contribution in [0.2, 0.25) is 0 Å². The van der Waals surface area contributed by atoms with Gasteiger partial charge in [-0.3, -0.25) is 0 Å². The highest BCUT2D eigenvalue weighted by atomic mass is 16.3. The van der Waals surface area contributed by atoms with Crippen molar-refractivity contribution in [3.8, 4) is 5.75 Å². The molecule has 2 aromatic rings. The smallest absolute Gasteiger partial charge is 0.119 e. The van der Waals surface area contributed by atoms with Gasteiger partial charge in [0.15, 0.2) is 0 Å². The largest absolute Gasteiger partial charge is 0.508 e. The molecule has 3 rings (SSSR count). The molecule has 0 radical (unpaired) electrons. The summed E-state index contributed by atoms with van der Waals surface area (Å²) in [6, 6.07) is 18.5. The normalized spacial score (nSPS) is 23.1.